The van der Waals surface area contributed by atoms with Crippen molar-refractivity contribution in [3.8, 4) is 28.5 Å². The quantitative estimate of drug-likeness (QED) is 0.0905. The first-order valence-electron chi connectivity index (χ1n) is 24.8. The van der Waals surface area contributed by atoms with Crippen LogP contribution in [0.4, 0.5) is 29.0 Å². The van der Waals surface area contributed by atoms with Crippen LogP contribution in [0.25, 0.3) is 22.3 Å². The Balaban J connectivity index is 0.875. The number of carbonyl (C=O) groups is 3. The van der Waals surface area contributed by atoms with E-state index in [1.807, 2.05) is 66.2 Å². The number of likely N-dealkylation sites (tertiary alicyclic amines) is 2. The molecule has 71 heavy (non-hydrogen) atoms. The molecule has 0 radical (unpaired) electrons. The number of likely N-dealkylation sites (N-methyl/N-ethyl adjacent to an activating group) is 1. The number of nitrogens with two attached hydrogens (primary N) is 1. The number of aromatic nitrogens is 6. The van der Waals surface area contributed by atoms with Crippen molar-refractivity contribution in [2.75, 3.05) is 67.7 Å². The molecule has 3 aromatic carbocycles. The minimum Gasteiger partial charge on any atom is -0.487 e. The highest BCUT2D eigenvalue weighted by molar-refractivity contribution is 6.04. The van der Waals surface area contributed by atoms with Crippen LogP contribution in [-0.4, -0.2) is 122 Å². The number of rotatable bonds is 14. The molecular weight excluding hydrogens is 899 g/mol. The molecule has 3 aromatic heterocycles. The highest BCUT2D eigenvalue weighted by Crippen LogP contribution is 2.41. The van der Waals surface area contributed by atoms with E-state index >= 15 is 0 Å². The maximum absolute atomic E-state index is 14.3. The summed E-state index contributed by atoms with van der Waals surface area (Å²) in [7, 11) is 3.86. The standard InChI is InChI=1S/C53H61N13O5/c1-5-42-52(69)63(4)43-29-55-53(60-48(43)65(42)37-12-9-10-13-37)59-41-22-19-35(50(67)58-36-23-26-62(3)27-24-36)28-44(41)70-31-33(2)51(68)64-25-11-14-38(30-64)66-49-45(47(54)56-32-57-49)46(61-66)34-17-20-40(21-18-34)71-39-15-7-6-8-16-39/h6-8,15-22,28-29,32,36-38,42H,2,5,9-14,23-27,30-31H2,1,3-4H3,(H,58,67)(H2,54,56,57)(H,55,59,60)/t38?,42-/m1/s1. The number of amides is 3. The Hall–Kier alpha value is -7.60. The van der Waals surface area contributed by atoms with Gasteiger partial charge in [0.1, 0.15) is 53.4 Å². The van der Waals surface area contributed by atoms with Crippen molar-refractivity contribution in [3.05, 3.63) is 103 Å². The third-order valence-electron chi connectivity index (χ3n) is 14.3. The second-order valence-electron chi connectivity index (χ2n) is 19.1. The van der Waals surface area contributed by atoms with Crippen molar-refractivity contribution in [2.24, 2.45) is 0 Å². The number of nitrogens with one attached hydrogen (secondary N) is 2. The zero-order valence-electron chi connectivity index (χ0n) is 40.6. The largest absolute Gasteiger partial charge is 0.487 e. The molecule has 4 aliphatic rings. The van der Waals surface area contributed by atoms with Gasteiger partial charge in [-0.1, -0.05) is 44.5 Å². The van der Waals surface area contributed by atoms with E-state index in [4.69, 9.17) is 25.3 Å². The summed E-state index contributed by atoms with van der Waals surface area (Å²) in [4.78, 5) is 68.1. The third kappa shape index (κ3) is 9.80. The molecule has 2 saturated heterocycles. The van der Waals surface area contributed by atoms with Gasteiger partial charge in [0.25, 0.3) is 11.8 Å². The Morgan fingerprint density at radius 3 is 2.38 bits per heavy atom. The maximum atomic E-state index is 14.3. The highest BCUT2D eigenvalue weighted by Gasteiger charge is 2.41. The summed E-state index contributed by atoms with van der Waals surface area (Å²) in [5.41, 5.74) is 10.3. The van der Waals surface area contributed by atoms with Gasteiger partial charge in [-0.25, -0.2) is 19.6 Å². The molecule has 368 valence electrons. The van der Waals surface area contributed by atoms with Crippen molar-refractivity contribution in [3.63, 3.8) is 0 Å². The van der Waals surface area contributed by atoms with Crippen LogP contribution in [0.1, 0.15) is 81.1 Å². The van der Waals surface area contributed by atoms with Crippen LogP contribution in [0.2, 0.25) is 0 Å². The molecule has 0 bridgehead atoms. The van der Waals surface area contributed by atoms with Gasteiger partial charge in [-0.05, 0) is 120 Å². The molecule has 6 heterocycles. The van der Waals surface area contributed by atoms with E-state index in [0.29, 0.717) is 82.3 Å². The SMILES string of the molecule is C=C(COc1cc(C(=O)NC2CCN(C)CC2)ccc1Nc1ncc2c(n1)N(C1CCCC1)[C@H](CC)C(=O)N2C)C(=O)N1CCCC(n2nc(-c3ccc(Oc4ccccc4)cc3)c3c(N)ncnc32)C1. The number of anilines is 5. The number of hydrogen-bond acceptors (Lipinski definition) is 14. The van der Waals surface area contributed by atoms with Crippen LogP contribution in [0.15, 0.2) is 97.5 Å². The van der Waals surface area contributed by atoms with E-state index < -0.39 is 0 Å². The molecule has 18 heteroatoms. The van der Waals surface area contributed by atoms with Gasteiger partial charge in [-0.15, -0.1) is 0 Å². The normalized spacial score (nSPS) is 18.9. The average Bonchev–Trinajstić information content (AvgIpc) is 4.08. The lowest BCUT2D eigenvalue weighted by Crippen LogP contribution is -2.55. The predicted molar refractivity (Wildman–Crippen MR) is 273 cm³/mol. The predicted octanol–water partition coefficient (Wildman–Crippen LogP) is 7.53. The number of hydrogen-bond donors (Lipinski definition) is 3. The number of carbonyl (C=O) groups excluding carboxylic acids is 3. The van der Waals surface area contributed by atoms with Crippen molar-refractivity contribution in [2.45, 2.75) is 88.9 Å². The monoisotopic (exact) mass is 959 g/mol. The average molecular weight is 960 g/mol. The molecule has 0 spiro atoms. The highest BCUT2D eigenvalue weighted by atomic mass is 16.5. The molecule has 3 amide bonds. The lowest BCUT2D eigenvalue weighted by molar-refractivity contribution is -0.129. The van der Waals surface area contributed by atoms with Crippen LogP contribution < -0.4 is 35.6 Å². The number of para-hydroxylation sites is 1. The molecule has 2 atom stereocenters. The van der Waals surface area contributed by atoms with Crippen LogP contribution in [0, 0.1) is 0 Å². The second kappa shape index (κ2) is 20.4. The Labute approximate surface area is 413 Å². The summed E-state index contributed by atoms with van der Waals surface area (Å²) in [6.45, 7) is 8.78. The van der Waals surface area contributed by atoms with Gasteiger partial charge >= 0.3 is 0 Å². The third-order valence-corrected chi connectivity index (χ3v) is 14.3. The molecule has 10 rings (SSSR count). The molecule has 4 N–H and O–H groups in total. The number of fused-ring (bicyclic) bond motifs is 2. The molecule has 6 aromatic rings. The summed E-state index contributed by atoms with van der Waals surface area (Å²) in [5.74, 6) is 2.63. The Morgan fingerprint density at radius 1 is 0.873 bits per heavy atom. The van der Waals surface area contributed by atoms with Gasteiger partial charge in [-0.3, -0.25) is 14.4 Å². The molecule has 3 aliphatic heterocycles. The van der Waals surface area contributed by atoms with Gasteiger partial charge in [0, 0.05) is 48.9 Å². The number of nitrogens with zero attached hydrogens (tertiary/aromatic N) is 10. The fourth-order valence-electron chi connectivity index (χ4n) is 10.4. The fraction of sp³-hybridized carbons (Fsp3) is 0.396. The van der Waals surface area contributed by atoms with Crippen molar-refractivity contribution in [1.82, 2.24) is 44.8 Å². The van der Waals surface area contributed by atoms with E-state index in [1.165, 1.54) is 6.33 Å². The van der Waals surface area contributed by atoms with E-state index in [9.17, 15) is 14.4 Å². The number of nitrogen functional groups attached to an aromatic ring is 1. The summed E-state index contributed by atoms with van der Waals surface area (Å²) in [6, 6.07) is 22.1. The van der Waals surface area contributed by atoms with Gasteiger partial charge < -0.3 is 45.4 Å². The summed E-state index contributed by atoms with van der Waals surface area (Å²) in [6.07, 6.45) is 11.2. The van der Waals surface area contributed by atoms with Crippen molar-refractivity contribution >= 4 is 57.7 Å². The Bertz CT molecular complexity index is 2930. The summed E-state index contributed by atoms with van der Waals surface area (Å²) in [5, 5.41) is 12.3. The van der Waals surface area contributed by atoms with E-state index in [2.05, 4.69) is 49.0 Å². The van der Waals surface area contributed by atoms with Gasteiger partial charge in [-0.2, -0.15) is 10.1 Å². The zero-order valence-corrected chi connectivity index (χ0v) is 40.6. The lowest BCUT2D eigenvalue weighted by Gasteiger charge is -2.43. The minimum atomic E-state index is -0.327. The zero-order chi connectivity index (χ0) is 49.2. The van der Waals surface area contributed by atoms with Crippen LogP contribution in [-0.2, 0) is 9.59 Å². The first-order valence-corrected chi connectivity index (χ1v) is 24.8. The lowest BCUT2D eigenvalue weighted by atomic mass is 10.0. The molecule has 18 nitrogen and oxygen atoms in total. The number of piperidine rings is 2. The number of ether oxygens (including phenoxy) is 2. The molecule has 1 unspecified atom stereocenters. The second-order valence-corrected chi connectivity index (χ2v) is 19.1. The van der Waals surface area contributed by atoms with E-state index in [0.717, 1.165) is 75.8 Å². The van der Waals surface area contributed by atoms with Crippen molar-refractivity contribution in [1.29, 1.82) is 0 Å². The first kappa shape index (κ1) is 47.1. The van der Waals surface area contributed by atoms with Crippen molar-refractivity contribution < 1.29 is 23.9 Å². The molecule has 1 saturated carbocycles. The van der Waals surface area contributed by atoms with Crippen LogP contribution in [0.3, 0.4) is 0 Å². The van der Waals surface area contributed by atoms with Crippen LogP contribution >= 0.6 is 0 Å². The van der Waals surface area contributed by atoms with Gasteiger partial charge in [0.05, 0.1) is 23.3 Å². The minimum absolute atomic E-state index is 0.0346. The summed E-state index contributed by atoms with van der Waals surface area (Å²) >= 11 is 0. The molecule has 3 fully saturated rings. The smallest absolute Gasteiger partial charge is 0.252 e. The molecule has 1 aliphatic carbocycles. The Morgan fingerprint density at radius 2 is 1.62 bits per heavy atom. The van der Waals surface area contributed by atoms with E-state index in [1.54, 1.807) is 41.2 Å². The van der Waals surface area contributed by atoms with Gasteiger partial charge in [0.15, 0.2) is 11.5 Å². The molecular formula is C53H61N13O5. The number of benzene rings is 3. The maximum Gasteiger partial charge on any atom is 0.252 e. The van der Waals surface area contributed by atoms with Crippen LogP contribution in [0.5, 0.6) is 17.2 Å². The first-order chi connectivity index (χ1) is 34.5. The fourth-order valence-corrected chi connectivity index (χ4v) is 10.4. The summed E-state index contributed by atoms with van der Waals surface area (Å²) < 4.78 is 14.4. The van der Waals surface area contributed by atoms with Gasteiger partial charge in [0.2, 0.25) is 11.9 Å². The Kier molecular flexibility index (Phi) is 13.5. The van der Waals surface area contributed by atoms with E-state index in [-0.39, 0.29) is 54.1 Å². The topological polar surface area (TPSA) is 202 Å².